The molecule has 0 fully saturated rings. The number of aromatic nitrogens is 3. The molecule has 3 N–H and O–H groups in total. The Bertz CT molecular complexity index is 901. The first kappa shape index (κ1) is 14.8. The molecule has 2 aromatic heterocycles. The largest absolute Gasteiger partial charge is 0.508 e. The summed E-state index contributed by atoms with van der Waals surface area (Å²) in [7, 11) is 1.83. The smallest absolute Gasteiger partial charge is 0.323 e. The number of phenols is 1. The molecule has 3 aromatic rings. The number of aryl methyl sites for hydroxylation is 3. The van der Waals surface area contributed by atoms with Crippen molar-refractivity contribution < 1.29 is 9.90 Å². The molecule has 0 aliphatic carbocycles. The summed E-state index contributed by atoms with van der Waals surface area (Å²) in [5.74, 6) is 0.162. The predicted molar refractivity (Wildman–Crippen MR) is 88.7 cm³/mol. The molecule has 0 radical (unpaired) electrons. The summed E-state index contributed by atoms with van der Waals surface area (Å²) < 4.78 is 1.70. The van der Waals surface area contributed by atoms with Gasteiger partial charge in [0.2, 0.25) is 0 Å². The van der Waals surface area contributed by atoms with Gasteiger partial charge in [-0.15, -0.1) is 0 Å². The van der Waals surface area contributed by atoms with Gasteiger partial charge in [0.15, 0.2) is 5.65 Å². The van der Waals surface area contributed by atoms with E-state index in [0.717, 1.165) is 22.3 Å². The van der Waals surface area contributed by atoms with Crippen molar-refractivity contribution >= 4 is 28.4 Å². The van der Waals surface area contributed by atoms with Crippen molar-refractivity contribution in [1.82, 2.24) is 14.8 Å². The van der Waals surface area contributed by atoms with E-state index in [1.54, 1.807) is 23.0 Å². The van der Waals surface area contributed by atoms with Gasteiger partial charge in [-0.05, 0) is 43.7 Å². The van der Waals surface area contributed by atoms with E-state index in [0.29, 0.717) is 11.4 Å². The van der Waals surface area contributed by atoms with E-state index in [4.69, 9.17) is 0 Å². The highest BCUT2D eigenvalue weighted by molar-refractivity contribution is 6.01. The Balaban J connectivity index is 1.78. The summed E-state index contributed by atoms with van der Waals surface area (Å²) in [5.41, 5.74) is 3.61. The second-order valence-electron chi connectivity index (χ2n) is 5.38. The number of benzene rings is 1. The Morgan fingerprint density at radius 2 is 2.00 bits per heavy atom. The summed E-state index contributed by atoms with van der Waals surface area (Å²) in [4.78, 5) is 16.4. The maximum absolute atomic E-state index is 12.1. The Hall–Kier alpha value is -3.09. The number of pyridine rings is 1. The molecule has 0 bridgehead atoms. The fourth-order valence-electron chi connectivity index (χ4n) is 2.45. The molecule has 7 nitrogen and oxygen atoms in total. The number of rotatable bonds is 2. The molecule has 23 heavy (non-hydrogen) atoms. The van der Waals surface area contributed by atoms with Crippen LogP contribution in [0.2, 0.25) is 0 Å². The third-order valence-electron chi connectivity index (χ3n) is 3.58. The highest BCUT2D eigenvalue weighted by Gasteiger charge is 2.10. The predicted octanol–water partition coefficient (Wildman–Crippen LogP) is 2.93. The molecule has 3 rings (SSSR count). The SMILES string of the molecule is Cc1cc(O)ccc1NC(=O)Nc1cnc2c(c1)c(C)nn2C. The fraction of sp³-hybridized carbons (Fsp3) is 0.188. The maximum atomic E-state index is 12.1. The van der Waals surface area contributed by atoms with E-state index in [9.17, 15) is 9.90 Å². The van der Waals surface area contributed by atoms with Crippen molar-refractivity contribution in [2.75, 3.05) is 10.6 Å². The molecule has 0 spiro atoms. The van der Waals surface area contributed by atoms with Gasteiger partial charge in [-0.3, -0.25) is 4.68 Å². The zero-order chi connectivity index (χ0) is 16.6. The van der Waals surface area contributed by atoms with E-state index >= 15 is 0 Å². The molecule has 7 heteroatoms. The molecule has 0 unspecified atom stereocenters. The fourth-order valence-corrected chi connectivity index (χ4v) is 2.45. The first-order chi connectivity index (χ1) is 10.9. The van der Waals surface area contributed by atoms with Crippen LogP contribution in [0.1, 0.15) is 11.3 Å². The third-order valence-corrected chi connectivity index (χ3v) is 3.58. The highest BCUT2D eigenvalue weighted by atomic mass is 16.3. The summed E-state index contributed by atoms with van der Waals surface area (Å²) in [6, 6.07) is 6.23. The minimum absolute atomic E-state index is 0.162. The number of carbonyl (C=O) groups is 1. The first-order valence-corrected chi connectivity index (χ1v) is 7.11. The Morgan fingerprint density at radius 3 is 2.74 bits per heavy atom. The Labute approximate surface area is 133 Å². The van der Waals surface area contributed by atoms with Crippen molar-refractivity contribution in [3.8, 4) is 5.75 Å². The number of urea groups is 1. The quantitative estimate of drug-likeness (QED) is 0.634. The van der Waals surface area contributed by atoms with E-state index in [1.807, 2.05) is 27.0 Å². The molecule has 2 heterocycles. The van der Waals surface area contributed by atoms with E-state index < -0.39 is 0 Å². The van der Waals surface area contributed by atoms with Gasteiger partial charge in [0.25, 0.3) is 0 Å². The van der Waals surface area contributed by atoms with Crippen molar-refractivity contribution in [2.24, 2.45) is 7.05 Å². The number of amides is 2. The number of nitrogens with zero attached hydrogens (tertiary/aromatic N) is 3. The van der Waals surface area contributed by atoms with Crippen LogP contribution in [0.4, 0.5) is 16.2 Å². The zero-order valence-electron chi connectivity index (χ0n) is 13.1. The number of hydrogen-bond acceptors (Lipinski definition) is 4. The first-order valence-electron chi connectivity index (χ1n) is 7.11. The van der Waals surface area contributed by atoms with Gasteiger partial charge in [0.05, 0.1) is 17.6 Å². The van der Waals surface area contributed by atoms with Crippen LogP contribution in [0.25, 0.3) is 11.0 Å². The third kappa shape index (κ3) is 2.94. The van der Waals surface area contributed by atoms with Crippen molar-refractivity contribution in [2.45, 2.75) is 13.8 Å². The van der Waals surface area contributed by atoms with Gasteiger partial charge >= 0.3 is 6.03 Å². The van der Waals surface area contributed by atoms with E-state index in [1.165, 1.54) is 6.07 Å². The van der Waals surface area contributed by atoms with Crippen LogP contribution >= 0.6 is 0 Å². The minimum Gasteiger partial charge on any atom is -0.508 e. The second kappa shape index (κ2) is 5.60. The second-order valence-corrected chi connectivity index (χ2v) is 5.38. The van der Waals surface area contributed by atoms with Crippen LogP contribution < -0.4 is 10.6 Å². The molecular weight excluding hydrogens is 294 g/mol. The normalized spacial score (nSPS) is 10.7. The molecular formula is C16H17N5O2. The van der Waals surface area contributed by atoms with Crippen molar-refractivity contribution in [1.29, 1.82) is 0 Å². The summed E-state index contributed by atoms with van der Waals surface area (Å²) in [6.45, 7) is 3.70. The summed E-state index contributed by atoms with van der Waals surface area (Å²) >= 11 is 0. The average molecular weight is 311 g/mol. The lowest BCUT2D eigenvalue weighted by molar-refractivity contribution is 0.262. The molecule has 0 saturated carbocycles. The zero-order valence-corrected chi connectivity index (χ0v) is 13.1. The lowest BCUT2D eigenvalue weighted by Crippen LogP contribution is -2.20. The van der Waals surface area contributed by atoms with Crippen molar-refractivity contribution in [3.05, 3.63) is 41.7 Å². The topological polar surface area (TPSA) is 92.1 Å². The van der Waals surface area contributed by atoms with Gasteiger partial charge in [-0.25, -0.2) is 9.78 Å². The van der Waals surface area contributed by atoms with Gasteiger partial charge < -0.3 is 15.7 Å². The van der Waals surface area contributed by atoms with Crippen LogP contribution in [0.3, 0.4) is 0 Å². The Morgan fingerprint density at radius 1 is 1.22 bits per heavy atom. The molecule has 1 aromatic carbocycles. The summed E-state index contributed by atoms with van der Waals surface area (Å²) in [5, 5.41) is 20.1. The Kier molecular flexibility index (Phi) is 3.61. The maximum Gasteiger partial charge on any atom is 0.323 e. The standard InChI is InChI=1S/C16H17N5O2/c1-9-6-12(22)4-5-14(9)19-16(23)18-11-7-13-10(2)20-21(3)15(13)17-8-11/h4-8,22H,1-3H3,(H2,18,19,23). The molecule has 0 atom stereocenters. The van der Waals surface area contributed by atoms with E-state index in [2.05, 4.69) is 20.7 Å². The minimum atomic E-state index is -0.374. The number of aromatic hydroxyl groups is 1. The van der Waals surface area contributed by atoms with Crippen molar-refractivity contribution in [3.63, 3.8) is 0 Å². The van der Waals surface area contributed by atoms with Gasteiger partial charge in [-0.2, -0.15) is 5.10 Å². The lowest BCUT2D eigenvalue weighted by Gasteiger charge is -2.10. The lowest BCUT2D eigenvalue weighted by atomic mass is 10.2. The van der Waals surface area contributed by atoms with Gasteiger partial charge in [0.1, 0.15) is 5.75 Å². The molecule has 0 aliphatic heterocycles. The number of nitrogens with one attached hydrogen (secondary N) is 2. The van der Waals surface area contributed by atoms with Crippen LogP contribution in [0.15, 0.2) is 30.5 Å². The van der Waals surface area contributed by atoms with Crippen LogP contribution in [0, 0.1) is 13.8 Å². The number of fused-ring (bicyclic) bond motifs is 1. The van der Waals surface area contributed by atoms with Crippen LogP contribution in [-0.4, -0.2) is 25.9 Å². The average Bonchev–Trinajstić information content (AvgIpc) is 2.77. The summed E-state index contributed by atoms with van der Waals surface area (Å²) in [6.07, 6.45) is 1.59. The number of hydrogen-bond donors (Lipinski definition) is 3. The highest BCUT2D eigenvalue weighted by Crippen LogP contribution is 2.21. The van der Waals surface area contributed by atoms with Crippen LogP contribution in [-0.2, 0) is 7.05 Å². The molecule has 2 amide bonds. The number of carbonyl (C=O) groups excluding carboxylic acids is 1. The van der Waals surface area contributed by atoms with Gasteiger partial charge in [0, 0.05) is 18.1 Å². The van der Waals surface area contributed by atoms with Gasteiger partial charge in [-0.1, -0.05) is 0 Å². The number of anilines is 2. The molecule has 118 valence electrons. The van der Waals surface area contributed by atoms with E-state index in [-0.39, 0.29) is 11.8 Å². The molecule has 0 saturated heterocycles. The monoisotopic (exact) mass is 311 g/mol. The molecule has 0 aliphatic rings. The number of phenolic OH excluding ortho intramolecular Hbond substituents is 1. The van der Waals surface area contributed by atoms with Crippen LogP contribution in [0.5, 0.6) is 5.75 Å².